The largest absolute Gasteiger partial charge is 0.490 e. The van der Waals surface area contributed by atoms with Crippen LogP contribution in [0.4, 0.5) is 14.9 Å². The predicted molar refractivity (Wildman–Crippen MR) is 111 cm³/mol. The van der Waals surface area contributed by atoms with Crippen LogP contribution in [0.3, 0.4) is 0 Å². The van der Waals surface area contributed by atoms with Crippen molar-refractivity contribution in [1.82, 2.24) is 4.90 Å². The van der Waals surface area contributed by atoms with Crippen LogP contribution >= 0.6 is 11.6 Å². The van der Waals surface area contributed by atoms with Crippen LogP contribution in [-0.4, -0.2) is 62.3 Å². The standard InChI is InChI=1S/C20H22ClFN2O5S/c21-9-11-29-19-7-6-15(30(27,28)14-4-2-1-3-5-14)12-18(19)23-17-8-10-24(20(25)26)13-16(17)22/h1-7,12,16-17,23H,8-11,13H2,(H,25,26). The van der Waals surface area contributed by atoms with E-state index in [2.05, 4.69) is 5.32 Å². The minimum atomic E-state index is -3.77. The van der Waals surface area contributed by atoms with Crippen molar-refractivity contribution in [1.29, 1.82) is 0 Å². The van der Waals surface area contributed by atoms with Crippen LogP contribution in [-0.2, 0) is 9.84 Å². The molecule has 1 heterocycles. The molecular formula is C20H22ClFN2O5S. The summed E-state index contributed by atoms with van der Waals surface area (Å²) in [4.78, 5) is 12.3. The Labute approximate surface area is 179 Å². The molecule has 2 aromatic carbocycles. The Morgan fingerprint density at radius 1 is 1.23 bits per heavy atom. The van der Waals surface area contributed by atoms with Crippen molar-refractivity contribution in [3.05, 3.63) is 48.5 Å². The summed E-state index contributed by atoms with van der Waals surface area (Å²) in [5.74, 6) is 0.571. The van der Waals surface area contributed by atoms with Crippen LogP contribution in [0.25, 0.3) is 0 Å². The zero-order valence-electron chi connectivity index (χ0n) is 16.0. The highest BCUT2D eigenvalue weighted by Gasteiger charge is 2.32. The normalized spacial score (nSPS) is 19.3. The van der Waals surface area contributed by atoms with Crippen LogP contribution in [0.15, 0.2) is 58.3 Å². The molecule has 0 bridgehead atoms. The number of nitrogens with zero attached hydrogens (tertiary/aromatic N) is 1. The first-order valence-corrected chi connectivity index (χ1v) is 11.4. The third kappa shape index (κ3) is 4.96. The molecule has 3 rings (SSSR count). The van der Waals surface area contributed by atoms with Gasteiger partial charge in [0, 0.05) is 6.54 Å². The van der Waals surface area contributed by atoms with Crippen molar-refractivity contribution in [2.75, 3.05) is 30.9 Å². The number of sulfone groups is 1. The Morgan fingerprint density at radius 2 is 1.97 bits per heavy atom. The van der Waals surface area contributed by atoms with Gasteiger partial charge < -0.3 is 20.1 Å². The van der Waals surface area contributed by atoms with Gasteiger partial charge in [-0.1, -0.05) is 18.2 Å². The number of carbonyl (C=O) groups is 1. The molecule has 30 heavy (non-hydrogen) atoms. The van der Waals surface area contributed by atoms with Crippen molar-refractivity contribution in [2.24, 2.45) is 0 Å². The van der Waals surface area contributed by atoms with E-state index in [9.17, 15) is 17.6 Å². The highest BCUT2D eigenvalue weighted by Crippen LogP contribution is 2.32. The number of amides is 1. The van der Waals surface area contributed by atoms with Crippen molar-refractivity contribution < 1.29 is 27.4 Å². The summed E-state index contributed by atoms with van der Waals surface area (Å²) in [5, 5.41) is 12.1. The first-order valence-electron chi connectivity index (χ1n) is 9.34. The average Bonchev–Trinajstić information content (AvgIpc) is 2.74. The van der Waals surface area contributed by atoms with Crippen LogP contribution in [0.1, 0.15) is 6.42 Å². The molecule has 7 nitrogen and oxygen atoms in total. The molecule has 1 fully saturated rings. The van der Waals surface area contributed by atoms with Gasteiger partial charge in [-0.25, -0.2) is 17.6 Å². The molecule has 0 aromatic heterocycles. The van der Waals surface area contributed by atoms with E-state index in [1.807, 2.05) is 0 Å². The fraction of sp³-hybridized carbons (Fsp3) is 0.350. The number of halogens is 2. The number of piperidine rings is 1. The van der Waals surface area contributed by atoms with Crippen LogP contribution < -0.4 is 10.1 Å². The lowest BCUT2D eigenvalue weighted by Gasteiger charge is -2.34. The number of hydrogen-bond acceptors (Lipinski definition) is 5. The number of alkyl halides is 2. The van der Waals surface area contributed by atoms with Crippen molar-refractivity contribution in [3.8, 4) is 5.75 Å². The maximum absolute atomic E-state index is 14.6. The topological polar surface area (TPSA) is 95.9 Å². The van der Waals surface area contributed by atoms with Gasteiger partial charge in [-0.2, -0.15) is 0 Å². The molecule has 2 unspecified atom stereocenters. The summed E-state index contributed by atoms with van der Waals surface area (Å²) in [6.07, 6.45) is -2.39. The highest BCUT2D eigenvalue weighted by atomic mass is 35.5. The molecule has 1 aliphatic heterocycles. The minimum Gasteiger partial charge on any atom is -0.490 e. The lowest BCUT2D eigenvalue weighted by atomic mass is 10.0. The van der Waals surface area contributed by atoms with E-state index in [1.165, 1.54) is 30.3 Å². The number of rotatable bonds is 7. The molecule has 0 radical (unpaired) electrons. The molecule has 0 spiro atoms. The van der Waals surface area contributed by atoms with Gasteiger partial charge in [-0.15, -0.1) is 11.6 Å². The maximum Gasteiger partial charge on any atom is 0.407 e. The summed E-state index contributed by atoms with van der Waals surface area (Å²) in [7, 11) is -3.77. The fourth-order valence-corrected chi connectivity index (χ4v) is 4.63. The van der Waals surface area contributed by atoms with Gasteiger partial charge in [0.15, 0.2) is 0 Å². The number of anilines is 1. The van der Waals surface area contributed by atoms with Crippen molar-refractivity contribution in [2.45, 2.75) is 28.4 Å². The Morgan fingerprint density at radius 3 is 2.60 bits per heavy atom. The Kier molecular flexibility index (Phi) is 7.04. The van der Waals surface area contributed by atoms with Crippen molar-refractivity contribution in [3.63, 3.8) is 0 Å². The molecule has 1 amide bonds. The van der Waals surface area contributed by atoms with E-state index in [4.69, 9.17) is 21.4 Å². The summed E-state index contributed by atoms with van der Waals surface area (Å²) < 4.78 is 46.1. The molecule has 1 aliphatic rings. The molecular weight excluding hydrogens is 435 g/mol. The predicted octanol–water partition coefficient (Wildman–Crippen LogP) is 3.64. The third-order valence-corrected chi connectivity index (χ3v) is 6.72. The molecule has 2 atom stereocenters. The SMILES string of the molecule is O=C(O)N1CCC(Nc2cc(S(=O)(=O)c3ccccc3)ccc2OCCCl)C(F)C1. The summed E-state index contributed by atoms with van der Waals surface area (Å²) in [5.41, 5.74) is 0.313. The summed E-state index contributed by atoms with van der Waals surface area (Å²) >= 11 is 5.69. The summed E-state index contributed by atoms with van der Waals surface area (Å²) in [6, 6.07) is 11.6. The molecule has 162 valence electrons. The first-order chi connectivity index (χ1) is 14.3. The Hall–Kier alpha value is -2.52. The van der Waals surface area contributed by atoms with Gasteiger partial charge in [0.05, 0.1) is 33.9 Å². The minimum absolute atomic E-state index is 0.0350. The lowest BCUT2D eigenvalue weighted by Crippen LogP contribution is -2.49. The second-order valence-corrected chi connectivity index (χ2v) is 9.12. The van der Waals surface area contributed by atoms with Gasteiger partial charge in [-0.05, 0) is 36.8 Å². The molecule has 2 N–H and O–H groups in total. The maximum atomic E-state index is 14.6. The fourth-order valence-electron chi connectivity index (χ4n) is 3.24. The second-order valence-electron chi connectivity index (χ2n) is 6.80. The van der Waals surface area contributed by atoms with E-state index in [0.717, 1.165) is 4.90 Å². The lowest BCUT2D eigenvalue weighted by molar-refractivity contribution is 0.101. The van der Waals surface area contributed by atoms with Gasteiger partial charge in [0.25, 0.3) is 0 Å². The summed E-state index contributed by atoms with van der Waals surface area (Å²) in [6.45, 7) is 0.109. The van der Waals surface area contributed by atoms with Crippen LogP contribution in [0, 0.1) is 0 Å². The molecule has 10 heteroatoms. The molecule has 0 aliphatic carbocycles. The molecule has 2 aromatic rings. The van der Waals surface area contributed by atoms with Gasteiger partial charge in [0.2, 0.25) is 9.84 Å². The number of carboxylic acid groups (broad SMARTS) is 1. The van der Waals surface area contributed by atoms with Crippen molar-refractivity contribution >= 4 is 33.2 Å². The zero-order chi connectivity index (χ0) is 21.7. The molecule has 1 saturated heterocycles. The second kappa shape index (κ2) is 9.53. The van der Waals surface area contributed by atoms with E-state index in [0.29, 0.717) is 11.4 Å². The number of benzene rings is 2. The van der Waals surface area contributed by atoms with Gasteiger partial charge in [-0.3, -0.25) is 0 Å². The van der Waals surface area contributed by atoms with E-state index < -0.39 is 28.1 Å². The van der Waals surface area contributed by atoms with E-state index in [-0.39, 0.29) is 41.8 Å². The first kappa shape index (κ1) is 22.2. The average molecular weight is 457 g/mol. The zero-order valence-corrected chi connectivity index (χ0v) is 17.6. The van der Waals surface area contributed by atoms with Gasteiger partial charge in [0.1, 0.15) is 18.5 Å². The monoisotopic (exact) mass is 456 g/mol. The number of ether oxygens (including phenoxy) is 1. The Balaban J connectivity index is 1.90. The number of nitrogens with one attached hydrogen (secondary N) is 1. The quantitative estimate of drug-likeness (QED) is 0.617. The van der Waals surface area contributed by atoms with Crippen LogP contribution in [0.5, 0.6) is 5.75 Å². The third-order valence-electron chi connectivity index (χ3n) is 4.80. The Bertz CT molecular complexity index is 990. The van der Waals surface area contributed by atoms with E-state index in [1.54, 1.807) is 18.2 Å². The number of hydrogen-bond donors (Lipinski definition) is 2. The smallest absolute Gasteiger partial charge is 0.407 e. The highest BCUT2D eigenvalue weighted by molar-refractivity contribution is 7.91. The molecule has 0 saturated carbocycles. The number of likely N-dealkylation sites (tertiary alicyclic amines) is 1. The van der Waals surface area contributed by atoms with E-state index >= 15 is 0 Å². The van der Waals surface area contributed by atoms with Crippen LogP contribution in [0.2, 0.25) is 0 Å². The van der Waals surface area contributed by atoms with Gasteiger partial charge >= 0.3 is 6.09 Å².